The van der Waals surface area contributed by atoms with Crippen LogP contribution >= 0.6 is 0 Å². The average molecular weight is 304 g/mol. The molecule has 0 atom stereocenters. The minimum atomic E-state index is -3.46. The third-order valence-corrected chi connectivity index (χ3v) is 4.73. The summed E-state index contributed by atoms with van der Waals surface area (Å²) in [4.78, 5) is 0.268. The zero-order valence-corrected chi connectivity index (χ0v) is 12.9. The van der Waals surface area contributed by atoms with Gasteiger partial charge in [0.1, 0.15) is 0 Å². The van der Waals surface area contributed by atoms with Gasteiger partial charge in [-0.05, 0) is 36.6 Å². The van der Waals surface area contributed by atoms with Gasteiger partial charge in [0.25, 0.3) is 0 Å². The van der Waals surface area contributed by atoms with E-state index in [9.17, 15) is 8.42 Å². The average Bonchev–Trinajstić information content (AvgIpc) is 2.47. The van der Waals surface area contributed by atoms with Gasteiger partial charge in [0.15, 0.2) is 0 Å². The molecule has 0 aliphatic heterocycles. The number of sulfonamides is 1. The normalized spacial score (nSPS) is 11.5. The molecule has 0 aromatic heterocycles. The highest BCUT2D eigenvalue weighted by Gasteiger charge is 2.12. The number of rotatable bonds is 6. The topological polar surface area (TPSA) is 72.2 Å². The van der Waals surface area contributed by atoms with Gasteiger partial charge >= 0.3 is 0 Å². The van der Waals surface area contributed by atoms with Crippen LogP contribution in [0.5, 0.6) is 0 Å². The zero-order chi connectivity index (χ0) is 15.3. The zero-order valence-electron chi connectivity index (χ0n) is 12.0. The van der Waals surface area contributed by atoms with Crippen LogP contribution in [0.4, 0.5) is 0 Å². The van der Waals surface area contributed by atoms with Crippen LogP contribution in [0.3, 0.4) is 0 Å². The van der Waals surface area contributed by atoms with Crippen molar-refractivity contribution in [1.29, 1.82) is 0 Å². The van der Waals surface area contributed by atoms with Gasteiger partial charge in [-0.25, -0.2) is 13.1 Å². The van der Waals surface area contributed by atoms with E-state index in [1.807, 2.05) is 25.1 Å². The van der Waals surface area contributed by atoms with Crippen LogP contribution in [0.15, 0.2) is 53.4 Å². The molecule has 2 aromatic rings. The minimum Gasteiger partial charge on any atom is -0.326 e. The molecule has 2 aromatic carbocycles. The van der Waals surface area contributed by atoms with Gasteiger partial charge in [-0.15, -0.1) is 0 Å². The predicted octanol–water partition coefficient (Wildman–Crippen LogP) is 1.97. The summed E-state index contributed by atoms with van der Waals surface area (Å²) < 4.78 is 26.9. The Morgan fingerprint density at radius 1 is 1.05 bits per heavy atom. The Morgan fingerprint density at radius 2 is 1.76 bits per heavy atom. The van der Waals surface area contributed by atoms with Gasteiger partial charge in [0.05, 0.1) is 4.90 Å². The van der Waals surface area contributed by atoms with E-state index in [4.69, 9.17) is 5.73 Å². The lowest BCUT2D eigenvalue weighted by Crippen LogP contribution is -2.26. The molecule has 0 spiro atoms. The van der Waals surface area contributed by atoms with Crippen LogP contribution in [0.2, 0.25) is 0 Å². The van der Waals surface area contributed by atoms with Crippen LogP contribution in [-0.4, -0.2) is 15.0 Å². The van der Waals surface area contributed by atoms with Crippen molar-refractivity contribution in [3.8, 4) is 0 Å². The predicted molar refractivity (Wildman–Crippen MR) is 84.4 cm³/mol. The standard InChI is InChI=1S/C16H20N2O2S/c1-13-3-2-4-14(11-13)9-10-18-21(19,20)16-7-5-15(12-17)6-8-16/h2-8,11,18H,9-10,12,17H2,1H3. The van der Waals surface area contributed by atoms with Gasteiger partial charge in [-0.2, -0.15) is 0 Å². The van der Waals surface area contributed by atoms with Gasteiger partial charge in [-0.3, -0.25) is 0 Å². The summed E-state index contributed by atoms with van der Waals surface area (Å²) in [5, 5.41) is 0. The van der Waals surface area contributed by atoms with E-state index in [0.717, 1.165) is 11.1 Å². The summed E-state index contributed by atoms with van der Waals surface area (Å²) in [6, 6.07) is 14.7. The summed E-state index contributed by atoms with van der Waals surface area (Å²) in [7, 11) is -3.46. The molecule has 0 saturated heterocycles. The number of hydrogen-bond donors (Lipinski definition) is 2. The molecule has 0 saturated carbocycles. The van der Waals surface area contributed by atoms with Gasteiger partial charge in [0, 0.05) is 13.1 Å². The van der Waals surface area contributed by atoms with Gasteiger partial charge in [-0.1, -0.05) is 42.0 Å². The molecule has 0 aliphatic carbocycles. The van der Waals surface area contributed by atoms with E-state index in [1.165, 1.54) is 5.56 Å². The van der Waals surface area contributed by atoms with E-state index in [0.29, 0.717) is 19.5 Å². The Hall–Kier alpha value is -1.69. The van der Waals surface area contributed by atoms with Crippen molar-refractivity contribution in [3.63, 3.8) is 0 Å². The first kappa shape index (κ1) is 15.7. The number of nitrogens with one attached hydrogen (secondary N) is 1. The van der Waals surface area contributed by atoms with Crippen molar-refractivity contribution in [2.75, 3.05) is 6.54 Å². The smallest absolute Gasteiger partial charge is 0.240 e. The van der Waals surface area contributed by atoms with Crippen LogP contribution in [0.1, 0.15) is 16.7 Å². The quantitative estimate of drug-likeness (QED) is 0.857. The molecule has 112 valence electrons. The highest BCUT2D eigenvalue weighted by Crippen LogP contribution is 2.10. The Balaban J connectivity index is 1.97. The van der Waals surface area contributed by atoms with Crippen molar-refractivity contribution in [2.24, 2.45) is 5.73 Å². The van der Waals surface area contributed by atoms with Crippen molar-refractivity contribution >= 4 is 10.0 Å². The van der Waals surface area contributed by atoms with E-state index in [1.54, 1.807) is 24.3 Å². The summed E-state index contributed by atoms with van der Waals surface area (Å²) >= 11 is 0. The monoisotopic (exact) mass is 304 g/mol. The fraction of sp³-hybridized carbons (Fsp3) is 0.250. The van der Waals surface area contributed by atoms with Crippen LogP contribution in [0.25, 0.3) is 0 Å². The van der Waals surface area contributed by atoms with Crippen LogP contribution in [-0.2, 0) is 23.0 Å². The largest absolute Gasteiger partial charge is 0.326 e. The molecule has 5 heteroatoms. The maximum Gasteiger partial charge on any atom is 0.240 e. The fourth-order valence-corrected chi connectivity index (χ4v) is 3.12. The van der Waals surface area contributed by atoms with Crippen molar-refractivity contribution in [1.82, 2.24) is 4.72 Å². The lowest BCUT2D eigenvalue weighted by atomic mass is 10.1. The molecule has 0 aliphatic rings. The van der Waals surface area contributed by atoms with E-state index in [2.05, 4.69) is 10.8 Å². The summed E-state index contributed by atoms with van der Waals surface area (Å²) in [5.74, 6) is 0. The second-order valence-corrected chi connectivity index (χ2v) is 6.75. The lowest BCUT2D eigenvalue weighted by Gasteiger charge is -2.08. The maximum atomic E-state index is 12.1. The molecule has 0 unspecified atom stereocenters. The van der Waals surface area contributed by atoms with Crippen LogP contribution < -0.4 is 10.5 Å². The Kier molecular flexibility index (Phi) is 5.12. The molecule has 0 bridgehead atoms. The van der Waals surface area contributed by atoms with Crippen molar-refractivity contribution in [2.45, 2.75) is 24.8 Å². The molecular weight excluding hydrogens is 284 g/mol. The van der Waals surface area contributed by atoms with Gasteiger partial charge < -0.3 is 5.73 Å². The molecule has 2 rings (SSSR count). The number of hydrogen-bond acceptors (Lipinski definition) is 3. The lowest BCUT2D eigenvalue weighted by molar-refractivity contribution is 0.581. The highest BCUT2D eigenvalue weighted by atomic mass is 32.2. The first-order valence-electron chi connectivity index (χ1n) is 6.85. The number of aryl methyl sites for hydroxylation is 1. The highest BCUT2D eigenvalue weighted by molar-refractivity contribution is 7.89. The Morgan fingerprint density at radius 3 is 2.38 bits per heavy atom. The van der Waals surface area contributed by atoms with E-state index in [-0.39, 0.29) is 4.90 Å². The Labute approximate surface area is 126 Å². The maximum absolute atomic E-state index is 12.1. The van der Waals surface area contributed by atoms with E-state index < -0.39 is 10.0 Å². The van der Waals surface area contributed by atoms with Crippen molar-refractivity contribution < 1.29 is 8.42 Å². The third kappa shape index (κ3) is 4.39. The summed E-state index contributed by atoms with van der Waals surface area (Å²) in [5.41, 5.74) is 8.71. The SMILES string of the molecule is Cc1cccc(CCNS(=O)(=O)c2ccc(CN)cc2)c1. The second-order valence-electron chi connectivity index (χ2n) is 4.98. The molecular formula is C16H20N2O2S. The first-order valence-corrected chi connectivity index (χ1v) is 8.34. The fourth-order valence-electron chi connectivity index (χ4n) is 2.09. The minimum absolute atomic E-state index is 0.268. The van der Waals surface area contributed by atoms with Crippen molar-refractivity contribution in [3.05, 3.63) is 65.2 Å². The Bertz CT molecular complexity index is 694. The van der Waals surface area contributed by atoms with Crippen LogP contribution in [0, 0.1) is 6.92 Å². The van der Waals surface area contributed by atoms with E-state index >= 15 is 0 Å². The number of benzene rings is 2. The number of nitrogens with two attached hydrogens (primary N) is 1. The molecule has 4 nitrogen and oxygen atoms in total. The summed E-state index contributed by atoms with van der Waals surface area (Å²) in [6.45, 7) is 2.80. The molecule has 21 heavy (non-hydrogen) atoms. The molecule has 3 N–H and O–H groups in total. The molecule has 0 amide bonds. The summed E-state index contributed by atoms with van der Waals surface area (Å²) in [6.07, 6.45) is 0.668. The molecule has 0 heterocycles. The molecule has 0 radical (unpaired) electrons. The first-order chi connectivity index (χ1) is 10.0. The van der Waals surface area contributed by atoms with Gasteiger partial charge in [0.2, 0.25) is 10.0 Å². The molecule has 0 fully saturated rings. The second kappa shape index (κ2) is 6.85. The third-order valence-electron chi connectivity index (χ3n) is 3.26.